The molecule has 3 aromatic rings. The molecule has 2 aromatic carbocycles. The van der Waals surface area contributed by atoms with Crippen molar-refractivity contribution in [3.8, 4) is 0 Å². The lowest BCUT2D eigenvalue weighted by atomic mass is 10.1. The molecule has 0 unspecified atom stereocenters. The Kier molecular flexibility index (Phi) is 5.99. The largest absolute Gasteiger partial charge is 0.447 e. The van der Waals surface area contributed by atoms with Gasteiger partial charge in [-0.25, -0.2) is 4.79 Å². The molecule has 0 radical (unpaired) electrons. The molecule has 2 amide bonds. The molecule has 1 N–H and O–H groups in total. The van der Waals surface area contributed by atoms with E-state index >= 15 is 0 Å². The molecule has 0 spiro atoms. The van der Waals surface area contributed by atoms with Gasteiger partial charge in [0.25, 0.3) is 5.91 Å². The maximum atomic E-state index is 12.8. The topological polar surface area (TPSA) is 97.6 Å². The first kappa shape index (κ1) is 20.0. The second-order valence-electron chi connectivity index (χ2n) is 6.64. The van der Waals surface area contributed by atoms with Gasteiger partial charge < -0.3 is 14.6 Å². The van der Waals surface area contributed by atoms with E-state index in [4.69, 9.17) is 9.26 Å². The van der Waals surface area contributed by atoms with Crippen LogP contribution in [0.3, 0.4) is 0 Å². The average molecular weight is 424 g/mol. The molecule has 0 bridgehead atoms. The standard InChI is InChI=1S/C21H20N4O4S/c1-14-23-19(29-24-14)13-30-18-8-3-2-7-17(18)20(26)22-12-15-5-4-6-16(11-15)25-9-10-28-21(25)27/h2-8,11H,9-10,12-13H2,1H3,(H,22,26). The third kappa shape index (κ3) is 4.62. The van der Waals surface area contributed by atoms with Crippen LogP contribution >= 0.6 is 11.8 Å². The smallest absolute Gasteiger partial charge is 0.414 e. The predicted octanol–water partition coefficient (Wildman–Crippen LogP) is 3.56. The minimum atomic E-state index is -0.349. The van der Waals surface area contributed by atoms with Gasteiger partial charge in [0.05, 0.1) is 17.9 Å². The molecule has 0 saturated carbocycles. The molecule has 1 saturated heterocycles. The van der Waals surface area contributed by atoms with E-state index in [0.29, 0.717) is 42.7 Å². The number of anilines is 1. The minimum Gasteiger partial charge on any atom is -0.447 e. The van der Waals surface area contributed by atoms with Gasteiger partial charge in [0.2, 0.25) is 5.89 Å². The van der Waals surface area contributed by atoms with Crippen molar-refractivity contribution in [2.45, 2.75) is 24.1 Å². The molecule has 2 heterocycles. The number of aryl methyl sites for hydroxylation is 1. The number of aromatic nitrogens is 2. The maximum Gasteiger partial charge on any atom is 0.414 e. The van der Waals surface area contributed by atoms with E-state index < -0.39 is 0 Å². The van der Waals surface area contributed by atoms with Crippen molar-refractivity contribution in [3.63, 3.8) is 0 Å². The molecule has 8 nitrogen and oxygen atoms in total. The Morgan fingerprint density at radius 2 is 2.10 bits per heavy atom. The van der Waals surface area contributed by atoms with Crippen LogP contribution in [0, 0.1) is 6.92 Å². The predicted molar refractivity (Wildman–Crippen MR) is 111 cm³/mol. The molecular formula is C21H20N4O4S. The number of rotatable bonds is 7. The van der Waals surface area contributed by atoms with E-state index in [1.807, 2.05) is 42.5 Å². The fourth-order valence-corrected chi connectivity index (χ4v) is 3.95. The zero-order chi connectivity index (χ0) is 20.9. The number of carbonyl (C=O) groups excluding carboxylic acids is 2. The summed E-state index contributed by atoms with van der Waals surface area (Å²) in [6.45, 7) is 3.02. The Morgan fingerprint density at radius 3 is 2.87 bits per heavy atom. The van der Waals surface area contributed by atoms with Crippen molar-refractivity contribution in [2.24, 2.45) is 0 Å². The molecule has 154 valence electrons. The highest BCUT2D eigenvalue weighted by atomic mass is 32.2. The Labute approximate surface area is 177 Å². The second kappa shape index (κ2) is 9.00. The highest BCUT2D eigenvalue weighted by Crippen LogP contribution is 2.26. The quantitative estimate of drug-likeness (QED) is 0.579. The molecule has 0 aliphatic carbocycles. The van der Waals surface area contributed by atoms with Crippen molar-refractivity contribution in [1.29, 1.82) is 0 Å². The molecule has 1 fully saturated rings. The average Bonchev–Trinajstić information content (AvgIpc) is 3.38. The summed E-state index contributed by atoms with van der Waals surface area (Å²) in [5.74, 6) is 1.41. The van der Waals surface area contributed by atoms with E-state index in [-0.39, 0.29) is 12.0 Å². The summed E-state index contributed by atoms with van der Waals surface area (Å²) < 4.78 is 10.1. The number of cyclic esters (lactones) is 1. The summed E-state index contributed by atoms with van der Waals surface area (Å²) in [5, 5.41) is 6.73. The SMILES string of the molecule is Cc1noc(CSc2ccccc2C(=O)NCc2cccc(N3CCOC3=O)c2)n1. The van der Waals surface area contributed by atoms with E-state index in [0.717, 1.165) is 16.1 Å². The highest BCUT2D eigenvalue weighted by Gasteiger charge is 2.23. The molecule has 0 atom stereocenters. The number of amides is 2. The first-order valence-corrected chi connectivity index (χ1v) is 10.4. The number of nitrogens with zero attached hydrogens (tertiary/aromatic N) is 3. The molecule has 30 heavy (non-hydrogen) atoms. The lowest BCUT2D eigenvalue weighted by Gasteiger charge is -2.14. The van der Waals surface area contributed by atoms with Gasteiger partial charge in [-0.1, -0.05) is 29.4 Å². The van der Waals surface area contributed by atoms with Gasteiger partial charge in [0.1, 0.15) is 6.61 Å². The summed E-state index contributed by atoms with van der Waals surface area (Å²) in [4.78, 5) is 31.1. The van der Waals surface area contributed by atoms with Gasteiger partial charge >= 0.3 is 6.09 Å². The zero-order valence-electron chi connectivity index (χ0n) is 16.3. The zero-order valence-corrected chi connectivity index (χ0v) is 17.1. The summed E-state index contributed by atoms with van der Waals surface area (Å²) in [6.07, 6.45) is -0.349. The van der Waals surface area contributed by atoms with Crippen molar-refractivity contribution in [3.05, 3.63) is 71.4 Å². The van der Waals surface area contributed by atoms with Crippen molar-refractivity contribution in [2.75, 3.05) is 18.1 Å². The van der Waals surface area contributed by atoms with Gasteiger partial charge in [-0.2, -0.15) is 4.98 Å². The van der Waals surface area contributed by atoms with Gasteiger partial charge in [0.15, 0.2) is 5.82 Å². The van der Waals surface area contributed by atoms with Gasteiger partial charge in [-0.3, -0.25) is 9.69 Å². The first-order chi connectivity index (χ1) is 14.6. The van der Waals surface area contributed by atoms with Crippen LogP contribution in [0.2, 0.25) is 0 Å². The number of ether oxygens (including phenoxy) is 1. The van der Waals surface area contributed by atoms with Crippen LogP contribution in [0.25, 0.3) is 0 Å². The first-order valence-electron chi connectivity index (χ1n) is 9.42. The number of benzene rings is 2. The third-order valence-corrected chi connectivity index (χ3v) is 5.55. The van der Waals surface area contributed by atoms with Crippen LogP contribution < -0.4 is 10.2 Å². The van der Waals surface area contributed by atoms with Crippen molar-refractivity contribution < 1.29 is 18.8 Å². The van der Waals surface area contributed by atoms with Crippen LogP contribution in [0.4, 0.5) is 10.5 Å². The third-order valence-electron chi connectivity index (χ3n) is 4.49. The van der Waals surface area contributed by atoms with E-state index in [1.54, 1.807) is 17.9 Å². The molecular weight excluding hydrogens is 404 g/mol. The maximum absolute atomic E-state index is 12.8. The normalized spacial score (nSPS) is 13.4. The molecule has 4 rings (SSSR count). The van der Waals surface area contributed by atoms with E-state index in [2.05, 4.69) is 15.5 Å². The lowest BCUT2D eigenvalue weighted by molar-refractivity contribution is 0.0948. The number of hydrogen-bond donors (Lipinski definition) is 1. The summed E-state index contributed by atoms with van der Waals surface area (Å²) in [7, 11) is 0. The lowest BCUT2D eigenvalue weighted by Crippen LogP contribution is -2.25. The Morgan fingerprint density at radius 1 is 1.23 bits per heavy atom. The number of nitrogens with one attached hydrogen (secondary N) is 1. The Hall–Kier alpha value is -3.33. The molecule has 9 heteroatoms. The van der Waals surface area contributed by atoms with Gasteiger partial charge in [-0.05, 0) is 36.8 Å². The van der Waals surface area contributed by atoms with Crippen molar-refractivity contribution >= 4 is 29.4 Å². The molecule has 1 aliphatic rings. The van der Waals surface area contributed by atoms with Crippen LogP contribution in [0.15, 0.2) is 57.9 Å². The molecule has 1 aromatic heterocycles. The molecule has 1 aliphatic heterocycles. The fourth-order valence-electron chi connectivity index (χ4n) is 3.06. The summed E-state index contributed by atoms with van der Waals surface area (Å²) in [6, 6.07) is 14.9. The van der Waals surface area contributed by atoms with Crippen LogP contribution in [0.1, 0.15) is 27.6 Å². The van der Waals surface area contributed by atoms with Crippen molar-refractivity contribution in [1.82, 2.24) is 15.5 Å². The fraction of sp³-hybridized carbons (Fsp3) is 0.238. The van der Waals surface area contributed by atoms with Gasteiger partial charge in [-0.15, -0.1) is 11.8 Å². The summed E-state index contributed by atoms with van der Waals surface area (Å²) >= 11 is 1.47. The number of thioether (sulfide) groups is 1. The Balaban J connectivity index is 1.40. The number of carbonyl (C=O) groups is 2. The second-order valence-corrected chi connectivity index (χ2v) is 7.66. The van der Waals surface area contributed by atoms with Crippen LogP contribution in [0.5, 0.6) is 0 Å². The van der Waals surface area contributed by atoms with Gasteiger partial charge in [0, 0.05) is 17.1 Å². The summed E-state index contributed by atoms with van der Waals surface area (Å²) in [5.41, 5.74) is 2.24. The Bertz CT molecular complexity index is 1070. The van der Waals surface area contributed by atoms with Crippen LogP contribution in [-0.4, -0.2) is 35.3 Å². The van der Waals surface area contributed by atoms with E-state index in [9.17, 15) is 9.59 Å². The highest BCUT2D eigenvalue weighted by molar-refractivity contribution is 7.98. The minimum absolute atomic E-state index is 0.175. The van der Waals surface area contributed by atoms with Crippen LogP contribution in [-0.2, 0) is 17.0 Å². The monoisotopic (exact) mass is 424 g/mol. The number of hydrogen-bond acceptors (Lipinski definition) is 7. The van der Waals surface area contributed by atoms with E-state index in [1.165, 1.54) is 11.8 Å².